The van der Waals surface area contributed by atoms with Crippen LogP contribution >= 0.6 is 0 Å². The van der Waals surface area contributed by atoms with Crippen LogP contribution in [0.4, 0.5) is 4.39 Å². The van der Waals surface area contributed by atoms with Gasteiger partial charge in [0.25, 0.3) is 0 Å². The Hall–Kier alpha value is -1.32. The van der Waals surface area contributed by atoms with Gasteiger partial charge >= 0.3 is 0 Å². The standard InChI is InChI=1S/C11H19FN2O/c1-5-7-10(13)14-9(6-2)11(12)8(3)15-4/h5,9,11H,1,3,6-7H2,2,4H3,(H2,13,14). The first-order valence-electron chi connectivity index (χ1n) is 4.86. The van der Waals surface area contributed by atoms with Crippen LogP contribution in [0.5, 0.6) is 0 Å². The summed E-state index contributed by atoms with van der Waals surface area (Å²) in [5.74, 6) is 0.459. The van der Waals surface area contributed by atoms with E-state index in [-0.39, 0.29) is 5.76 Å². The average molecular weight is 214 g/mol. The molecule has 0 aromatic carbocycles. The Balaban J connectivity index is 4.54. The van der Waals surface area contributed by atoms with Gasteiger partial charge in [-0.1, -0.05) is 19.6 Å². The third-order valence-electron chi connectivity index (χ3n) is 2.01. The summed E-state index contributed by atoms with van der Waals surface area (Å²) in [6.45, 7) is 8.84. The number of nitrogens with zero attached hydrogens (tertiary/aromatic N) is 1. The summed E-state index contributed by atoms with van der Waals surface area (Å²) in [5, 5.41) is 0. The minimum atomic E-state index is -1.32. The van der Waals surface area contributed by atoms with Crippen molar-refractivity contribution in [1.29, 1.82) is 0 Å². The summed E-state index contributed by atoms with van der Waals surface area (Å²) in [4.78, 5) is 4.06. The molecule has 0 heterocycles. The average Bonchev–Trinajstić information content (AvgIpc) is 2.24. The van der Waals surface area contributed by atoms with Crippen molar-refractivity contribution in [3.05, 3.63) is 25.0 Å². The zero-order valence-electron chi connectivity index (χ0n) is 9.37. The zero-order valence-corrected chi connectivity index (χ0v) is 9.37. The van der Waals surface area contributed by atoms with E-state index in [0.717, 1.165) is 0 Å². The number of halogens is 1. The van der Waals surface area contributed by atoms with Gasteiger partial charge < -0.3 is 10.5 Å². The van der Waals surface area contributed by atoms with Gasteiger partial charge in [-0.25, -0.2) is 4.39 Å². The Kier molecular flexibility index (Phi) is 6.42. The molecule has 0 amide bonds. The van der Waals surface area contributed by atoms with Gasteiger partial charge in [-0.05, 0) is 6.42 Å². The van der Waals surface area contributed by atoms with Crippen molar-refractivity contribution in [1.82, 2.24) is 0 Å². The number of rotatable bonds is 7. The second-order valence-corrected chi connectivity index (χ2v) is 3.16. The number of aliphatic imine (C=N–C) groups is 1. The monoisotopic (exact) mass is 214 g/mol. The Morgan fingerprint density at radius 3 is 2.67 bits per heavy atom. The van der Waals surface area contributed by atoms with Gasteiger partial charge in [0.15, 0.2) is 6.17 Å². The molecule has 0 aliphatic heterocycles. The summed E-state index contributed by atoms with van der Waals surface area (Å²) >= 11 is 0. The van der Waals surface area contributed by atoms with Crippen LogP contribution in [0.2, 0.25) is 0 Å². The van der Waals surface area contributed by atoms with Crippen molar-refractivity contribution >= 4 is 5.84 Å². The molecule has 0 aromatic heterocycles. The summed E-state index contributed by atoms with van der Waals surface area (Å²) in [5.41, 5.74) is 5.58. The molecule has 0 aliphatic rings. The fourth-order valence-corrected chi connectivity index (χ4v) is 1.10. The molecule has 2 N–H and O–H groups in total. The molecule has 0 radical (unpaired) electrons. The molecule has 86 valence electrons. The summed E-state index contributed by atoms with van der Waals surface area (Å²) in [6, 6.07) is -0.530. The number of hydrogen-bond acceptors (Lipinski definition) is 2. The molecule has 0 fully saturated rings. The maximum Gasteiger partial charge on any atom is 0.178 e. The van der Waals surface area contributed by atoms with Gasteiger partial charge in [0.2, 0.25) is 0 Å². The Morgan fingerprint density at radius 2 is 2.27 bits per heavy atom. The van der Waals surface area contributed by atoms with Crippen LogP contribution in [0.1, 0.15) is 19.8 Å². The van der Waals surface area contributed by atoms with Crippen molar-refractivity contribution in [2.24, 2.45) is 10.7 Å². The van der Waals surface area contributed by atoms with E-state index in [1.165, 1.54) is 7.11 Å². The van der Waals surface area contributed by atoms with Crippen molar-refractivity contribution in [2.75, 3.05) is 7.11 Å². The summed E-state index contributed by atoms with van der Waals surface area (Å²) in [7, 11) is 1.39. The van der Waals surface area contributed by atoms with E-state index < -0.39 is 12.2 Å². The molecule has 0 saturated heterocycles. The van der Waals surface area contributed by atoms with E-state index >= 15 is 0 Å². The predicted molar refractivity (Wildman–Crippen MR) is 61.6 cm³/mol. The fraction of sp³-hybridized carbons (Fsp3) is 0.545. The van der Waals surface area contributed by atoms with Gasteiger partial charge in [0.05, 0.1) is 19.0 Å². The number of alkyl halides is 1. The lowest BCUT2D eigenvalue weighted by molar-refractivity contribution is 0.185. The van der Waals surface area contributed by atoms with E-state index in [0.29, 0.717) is 18.7 Å². The highest BCUT2D eigenvalue weighted by molar-refractivity contribution is 5.81. The Bertz CT molecular complexity index is 251. The lowest BCUT2D eigenvalue weighted by atomic mass is 10.1. The Labute approximate surface area is 90.5 Å². The van der Waals surface area contributed by atoms with E-state index in [4.69, 9.17) is 10.5 Å². The second kappa shape index (κ2) is 7.04. The lowest BCUT2D eigenvalue weighted by Gasteiger charge is -2.17. The minimum absolute atomic E-state index is 0.0806. The lowest BCUT2D eigenvalue weighted by Crippen LogP contribution is -2.25. The third kappa shape index (κ3) is 4.63. The maximum absolute atomic E-state index is 13.6. The van der Waals surface area contributed by atoms with Crippen molar-refractivity contribution in [3.8, 4) is 0 Å². The van der Waals surface area contributed by atoms with Crippen molar-refractivity contribution in [3.63, 3.8) is 0 Å². The van der Waals surface area contributed by atoms with Crippen LogP contribution in [-0.2, 0) is 4.74 Å². The molecule has 0 spiro atoms. The van der Waals surface area contributed by atoms with Crippen LogP contribution in [-0.4, -0.2) is 25.2 Å². The smallest absolute Gasteiger partial charge is 0.178 e. The summed E-state index contributed by atoms with van der Waals surface area (Å²) < 4.78 is 18.4. The van der Waals surface area contributed by atoms with Gasteiger partial charge in [0, 0.05) is 6.42 Å². The van der Waals surface area contributed by atoms with Crippen LogP contribution in [0.25, 0.3) is 0 Å². The first-order valence-corrected chi connectivity index (χ1v) is 4.86. The number of ether oxygens (including phenoxy) is 1. The quantitative estimate of drug-likeness (QED) is 0.305. The van der Waals surface area contributed by atoms with Crippen LogP contribution < -0.4 is 5.73 Å². The molecule has 0 aliphatic carbocycles. The van der Waals surface area contributed by atoms with Crippen LogP contribution in [0, 0.1) is 0 Å². The fourth-order valence-electron chi connectivity index (χ4n) is 1.10. The molecule has 4 heteroatoms. The largest absolute Gasteiger partial charge is 0.499 e. The van der Waals surface area contributed by atoms with Gasteiger partial charge in [-0.15, -0.1) is 6.58 Å². The normalized spacial score (nSPS) is 15.5. The molecule has 3 nitrogen and oxygen atoms in total. The Morgan fingerprint density at radius 1 is 1.67 bits per heavy atom. The van der Waals surface area contributed by atoms with E-state index in [1.54, 1.807) is 6.08 Å². The van der Waals surface area contributed by atoms with Gasteiger partial charge in [-0.3, -0.25) is 4.99 Å². The topological polar surface area (TPSA) is 47.6 Å². The zero-order chi connectivity index (χ0) is 11.8. The highest BCUT2D eigenvalue weighted by atomic mass is 19.1. The van der Waals surface area contributed by atoms with E-state index in [2.05, 4.69) is 18.2 Å². The number of methoxy groups -OCH3 is 1. The first-order chi connectivity index (χ1) is 7.06. The predicted octanol–water partition coefficient (Wildman–Crippen LogP) is 2.20. The minimum Gasteiger partial charge on any atom is -0.499 e. The molecule has 0 rings (SSSR count). The molecular weight excluding hydrogens is 195 g/mol. The van der Waals surface area contributed by atoms with E-state index in [1.807, 2.05) is 6.92 Å². The highest BCUT2D eigenvalue weighted by Gasteiger charge is 2.22. The molecule has 15 heavy (non-hydrogen) atoms. The third-order valence-corrected chi connectivity index (χ3v) is 2.01. The number of amidine groups is 1. The second-order valence-electron chi connectivity index (χ2n) is 3.16. The maximum atomic E-state index is 13.6. The number of hydrogen-bond donors (Lipinski definition) is 1. The van der Waals surface area contributed by atoms with Gasteiger partial charge in [-0.2, -0.15) is 0 Å². The molecule has 0 saturated carbocycles. The molecule has 2 unspecified atom stereocenters. The van der Waals surface area contributed by atoms with Crippen molar-refractivity contribution in [2.45, 2.75) is 32.0 Å². The molecular formula is C11H19FN2O. The number of nitrogens with two attached hydrogens (primary N) is 1. The molecule has 0 bridgehead atoms. The first kappa shape index (κ1) is 13.7. The molecule has 0 aromatic rings. The van der Waals surface area contributed by atoms with Crippen LogP contribution in [0.15, 0.2) is 30.0 Å². The molecule has 2 atom stereocenters. The highest BCUT2D eigenvalue weighted by Crippen LogP contribution is 2.16. The summed E-state index contributed by atoms with van der Waals surface area (Å²) in [6.07, 6.45) is 1.32. The van der Waals surface area contributed by atoms with Gasteiger partial charge in [0.1, 0.15) is 5.76 Å². The SMILES string of the molecule is C=CCC(N)=NC(CC)C(F)C(=C)OC. The van der Waals surface area contributed by atoms with E-state index in [9.17, 15) is 4.39 Å². The van der Waals surface area contributed by atoms with Crippen molar-refractivity contribution < 1.29 is 9.13 Å². The van der Waals surface area contributed by atoms with Crippen LogP contribution in [0.3, 0.4) is 0 Å².